The molecule has 6 heteroatoms. The number of benzene rings is 1. The number of nitrogens with one attached hydrogen (secondary N) is 3. The molecule has 2 aliphatic rings. The summed E-state index contributed by atoms with van der Waals surface area (Å²) in [5.74, 6) is 1.76. The topological polar surface area (TPSA) is 71.0 Å². The standard InChI is InChI=1S/C19H25N5O/c1-12-7-18-21-10-14(11-24(18)23-12)9-20-13(2)15-3-5-17-16(8-15)4-6-19(25)22-17/h3,5,7-8,13-14,20-21H,4,6,9-11H2,1-2H3,(H,22,25)/t13-,14+/m0/s1. The van der Waals surface area contributed by atoms with Crippen LogP contribution in [0.3, 0.4) is 0 Å². The number of anilines is 2. The Labute approximate surface area is 148 Å². The van der Waals surface area contributed by atoms with E-state index in [0.29, 0.717) is 12.3 Å². The summed E-state index contributed by atoms with van der Waals surface area (Å²) in [4.78, 5) is 11.5. The highest BCUT2D eigenvalue weighted by Crippen LogP contribution is 2.26. The molecular weight excluding hydrogens is 314 g/mol. The van der Waals surface area contributed by atoms with Crippen LogP contribution in [0.5, 0.6) is 0 Å². The van der Waals surface area contributed by atoms with Crippen LogP contribution in [0.1, 0.15) is 36.2 Å². The molecule has 25 heavy (non-hydrogen) atoms. The van der Waals surface area contributed by atoms with Gasteiger partial charge in [0.2, 0.25) is 5.91 Å². The van der Waals surface area contributed by atoms with Crippen molar-refractivity contribution in [3.05, 3.63) is 41.1 Å². The van der Waals surface area contributed by atoms with Crippen LogP contribution < -0.4 is 16.0 Å². The van der Waals surface area contributed by atoms with Crippen LogP contribution in [-0.4, -0.2) is 28.8 Å². The minimum Gasteiger partial charge on any atom is -0.370 e. The molecule has 0 spiro atoms. The van der Waals surface area contributed by atoms with E-state index in [4.69, 9.17) is 0 Å². The number of aryl methyl sites for hydroxylation is 2. The van der Waals surface area contributed by atoms with Crippen LogP contribution in [0.2, 0.25) is 0 Å². The maximum Gasteiger partial charge on any atom is 0.224 e. The second-order valence-electron chi connectivity index (χ2n) is 7.19. The number of carbonyl (C=O) groups is 1. The monoisotopic (exact) mass is 339 g/mol. The largest absolute Gasteiger partial charge is 0.370 e. The van der Waals surface area contributed by atoms with E-state index >= 15 is 0 Å². The number of hydrogen-bond acceptors (Lipinski definition) is 4. The highest BCUT2D eigenvalue weighted by Gasteiger charge is 2.20. The Morgan fingerprint density at radius 3 is 3.12 bits per heavy atom. The van der Waals surface area contributed by atoms with Crippen molar-refractivity contribution >= 4 is 17.4 Å². The molecule has 0 saturated carbocycles. The first kappa shape index (κ1) is 16.1. The van der Waals surface area contributed by atoms with Gasteiger partial charge < -0.3 is 16.0 Å². The van der Waals surface area contributed by atoms with Gasteiger partial charge in [-0.25, -0.2) is 4.68 Å². The third-order valence-electron chi connectivity index (χ3n) is 5.14. The van der Waals surface area contributed by atoms with Gasteiger partial charge in [-0.3, -0.25) is 4.79 Å². The summed E-state index contributed by atoms with van der Waals surface area (Å²) in [6.07, 6.45) is 1.41. The van der Waals surface area contributed by atoms with E-state index in [0.717, 1.165) is 43.3 Å². The Balaban J connectivity index is 1.36. The van der Waals surface area contributed by atoms with Crippen molar-refractivity contribution in [2.45, 2.75) is 39.3 Å². The van der Waals surface area contributed by atoms with E-state index in [2.05, 4.69) is 50.9 Å². The van der Waals surface area contributed by atoms with Gasteiger partial charge in [-0.15, -0.1) is 0 Å². The Morgan fingerprint density at radius 2 is 2.24 bits per heavy atom. The second-order valence-corrected chi connectivity index (χ2v) is 7.19. The zero-order chi connectivity index (χ0) is 17.4. The number of amides is 1. The lowest BCUT2D eigenvalue weighted by molar-refractivity contribution is -0.116. The minimum atomic E-state index is 0.115. The average Bonchev–Trinajstić information content (AvgIpc) is 2.98. The van der Waals surface area contributed by atoms with Crippen molar-refractivity contribution in [1.82, 2.24) is 15.1 Å². The smallest absolute Gasteiger partial charge is 0.224 e. The number of carbonyl (C=O) groups excluding carboxylic acids is 1. The van der Waals surface area contributed by atoms with Crippen molar-refractivity contribution in [3.63, 3.8) is 0 Å². The molecule has 6 nitrogen and oxygen atoms in total. The quantitative estimate of drug-likeness (QED) is 0.800. The lowest BCUT2D eigenvalue weighted by Gasteiger charge is -2.27. The van der Waals surface area contributed by atoms with Gasteiger partial charge in [0.05, 0.1) is 5.69 Å². The van der Waals surface area contributed by atoms with Crippen LogP contribution in [0.25, 0.3) is 0 Å². The van der Waals surface area contributed by atoms with Crippen LogP contribution >= 0.6 is 0 Å². The highest BCUT2D eigenvalue weighted by atomic mass is 16.1. The van der Waals surface area contributed by atoms with Gasteiger partial charge >= 0.3 is 0 Å². The number of rotatable bonds is 4. The summed E-state index contributed by atoms with van der Waals surface area (Å²) >= 11 is 0. The summed E-state index contributed by atoms with van der Waals surface area (Å²) in [5, 5.41) is 14.6. The van der Waals surface area contributed by atoms with Gasteiger partial charge in [0, 0.05) is 49.8 Å². The predicted octanol–water partition coefficient (Wildman–Crippen LogP) is 2.47. The van der Waals surface area contributed by atoms with E-state index in [1.165, 1.54) is 11.1 Å². The van der Waals surface area contributed by atoms with E-state index in [9.17, 15) is 4.79 Å². The van der Waals surface area contributed by atoms with Crippen molar-refractivity contribution in [1.29, 1.82) is 0 Å². The zero-order valence-corrected chi connectivity index (χ0v) is 14.8. The number of hydrogen-bond donors (Lipinski definition) is 3. The normalized spacial score (nSPS) is 20.2. The number of aromatic nitrogens is 2. The Bertz CT molecular complexity index is 797. The lowest BCUT2D eigenvalue weighted by Crippen LogP contribution is -2.36. The van der Waals surface area contributed by atoms with Gasteiger partial charge in [-0.1, -0.05) is 12.1 Å². The van der Waals surface area contributed by atoms with Crippen molar-refractivity contribution in [2.24, 2.45) is 5.92 Å². The first-order chi connectivity index (χ1) is 12.1. The van der Waals surface area contributed by atoms with Crippen molar-refractivity contribution in [3.8, 4) is 0 Å². The van der Waals surface area contributed by atoms with Crippen LogP contribution in [-0.2, 0) is 17.8 Å². The first-order valence-corrected chi connectivity index (χ1v) is 9.03. The van der Waals surface area contributed by atoms with Crippen LogP contribution in [0, 0.1) is 12.8 Å². The van der Waals surface area contributed by atoms with Crippen LogP contribution in [0.15, 0.2) is 24.3 Å². The summed E-state index contributed by atoms with van der Waals surface area (Å²) in [6, 6.07) is 8.74. The maximum atomic E-state index is 11.5. The van der Waals surface area contributed by atoms with Gasteiger partial charge in [0.1, 0.15) is 5.82 Å². The first-order valence-electron chi connectivity index (χ1n) is 9.03. The Hall–Kier alpha value is -2.34. The van der Waals surface area contributed by atoms with E-state index in [1.54, 1.807) is 0 Å². The zero-order valence-electron chi connectivity index (χ0n) is 14.8. The third kappa shape index (κ3) is 3.39. The number of fused-ring (bicyclic) bond motifs is 2. The molecule has 4 rings (SSSR count). The van der Waals surface area contributed by atoms with Gasteiger partial charge in [0.15, 0.2) is 0 Å². The minimum absolute atomic E-state index is 0.115. The van der Waals surface area contributed by atoms with Crippen LogP contribution in [0.4, 0.5) is 11.5 Å². The van der Waals surface area contributed by atoms with Crippen molar-refractivity contribution < 1.29 is 4.79 Å². The summed E-state index contributed by atoms with van der Waals surface area (Å²) < 4.78 is 2.07. The SMILES string of the molecule is Cc1cc2n(n1)C[C@H](CN[C@@H](C)c1ccc3c(c1)CCC(=O)N3)CN2. The third-order valence-corrected chi connectivity index (χ3v) is 5.14. The summed E-state index contributed by atoms with van der Waals surface area (Å²) in [5.41, 5.74) is 4.53. The van der Waals surface area contributed by atoms with Crippen molar-refractivity contribution in [2.75, 3.05) is 23.7 Å². The van der Waals surface area contributed by atoms with E-state index in [-0.39, 0.29) is 11.9 Å². The van der Waals surface area contributed by atoms with E-state index < -0.39 is 0 Å². The fourth-order valence-electron chi connectivity index (χ4n) is 3.66. The molecule has 2 atom stereocenters. The van der Waals surface area contributed by atoms with Gasteiger partial charge in [0.25, 0.3) is 0 Å². The molecule has 0 aliphatic carbocycles. The van der Waals surface area contributed by atoms with E-state index in [1.807, 2.05) is 13.0 Å². The molecule has 1 aromatic carbocycles. The molecule has 3 N–H and O–H groups in total. The molecule has 0 unspecified atom stereocenters. The van der Waals surface area contributed by atoms with Gasteiger partial charge in [-0.2, -0.15) is 5.10 Å². The Kier molecular flexibility index (Phi) is 4.21. The fraction of sp³-hybridized carbons (Fsp3) is 0.474. The number of nitrogens with zero attached hydrogens (tertiary/aromatic N) is 2. The average molecular weight is 339 g/mol. The molecule has 1 aromatic heterocycles. The molecule has 132 valence electrons. The predicted molar refractivity (Wildman–Crippen MR) is 98.8 cm³/mol. The molecule has 3 heterocycles. The Morgan fingerprint density at radius 1 is 1.36 bits per heavy atom. The highest BCUT2D eigenvalue weighted by molar-refractivity contribution is 5.93. The second kappa shape index (κ2) is 6.52. The molecule has 0 radical (unpaired) electrons. The lowest BCUT2D eigenvalue weighted by atomic mass is 9.97. The maximum absolute atomic E-state index is 11.5. The summed E-state index contributed by atoms with van der Waals surface area (Å²) in [6.45, 7) is 7.09. The molecule has 2 aromatic rings. The summed E-state index contributed by atoms with van der Waals surface area (Å²) in [7, 11) is 0. The molecule has 0 saturated heterocycles. The molecule has 1 amide bonds. The van der Waals surface area contributed by atoms with Gasteiger partial charge in [-0.05, 0) is 37.5 Å². The molecule has 0 bridgehead atoms. The fourth-order valence-corrected chi connectivity index (χ4v) is 3.66. The molecule has 2 aliphatic heterocycles. The molecular formula is C19H25N5O. The molecule has 0 fully saturated rings.